The molecule has 0 aliphatic carbocycles. The second-order valence-corrected chi connectivity index (χ2v) is 6.66. The van der Waals surface area contributed by atoms with Gasteiger partial charge in [-0.15, -0.1) is 0 Å². The molecule has 3 rings (SSSR count). The fraction of sp³-hybridized carbons (Fsp3) is 0.0500. The van der Waals surface area contributed by atoms with Crippen LogP contribution in [0.5, 0.6) is 0 Å². The number of aromatic nitrogens is 2. The van der Waals surface area contributed by atoms with Crippen molar-refractivity contribution in [3.63, 3.8) is 0 Å². The van der Waals surface area contributed by atoms with Gasteiger partial charge in [0, 0.05) is 17.2 Å². The van der Waals surface area contributed by atoms with E-state index >= 15 is 0 Å². The summed E-state index contributed by atoms with van der Waals surface area (Å²) in [6, 6.07) is 13.2. The molecule has 0 aliphatic rings. The number of aliphatic imine (C=N–C) groups is 1. The van der Waals surface area contributed by atoms with Crippen molar-refractivity contribution in [1.29, 1.82) is 0 Å². The minimum absolute atomic E-state index is 0.0927. The van der Waals surface area contributed by atoms with Crippen molar-refractivity contribution in [3.8, 4) is 0 Å². The molecule has 11 heteroatoms. The van der Waals surface area contributed by atoms with Gasteiger partial charge < -0.3 is 11.1 Å². The van der Waals surface area contributed by atoms with Crippen LogP contribution in [0.4, 0.5) is 24.7 Å². The Hall–Kier alpha value is -3.79. The zero-order chi connectivity index (χ0) is 22.6. The highest BCUT2D eigenvalue weighted by Gasteiger charge is 2.31. The van der Waals surface area contributed by atoms with E-state index in [1.54, 1.807) is 24.3 Å². The minimum atomic E-state index is -4.74. The second kappa shape index (κ2) is 8.92. The third-order valence-electron chi connectivity index (χ3n) is 4.00. The number of alkyl halides is 3. The van der Waals surface area contributed by atoms with Crippen LogP contribution in [0.15, 0.2) is 76.2 Å². The number of hydrogen-bond acceptors (Lipinski definition) is 4. The lowest BCUT2D eigenvalue weighted by molar-refractivity contribution is -0.0925. The van der Waals surface area contributed by atoms with Crippen LogP contribution < -0.4 is 16.6 Å². The maximum absolute atomic E-state index is 13.0. The number of H-pyrrole nitrogens is 2. The molecule has 160 valence electrons. The van der Waals surface area contributed by atoms with E-state index in [2.05, 4.69) is 20.5 Å². The van der Waals surface area contributed by atoms with Gasteiger partial charge in [-0.2, -0.15) is 13.2 Å². The molecular weight excluding hydrogens is 435 g/mol. The lowest BCUT2D eigenvalue weighted by Crippen LogP contribution is -2.21. The van der Waals surface area contributed by atoms with Crippen molar-refractivity contribution in [1.82, 2.24) is 10.2 Å². The van der Waals surface area contributed by atoms with E-state index in [0.717, 1.165) is 6.07 Å². The summed E-state index contributed by atoms with van der Waals surface area (Å²) in [7, 11) is 0. The molecule has 0 radical (unpaired) electrons. The number of carbonyl (C=O) groups is 1. The van der Waals surface area contributed by atoms with Crippen LogP contribution in [-0.2, 0) is 0 Å². The number of amides is 1. The van der Waals surface area contributed by atoms with Gasteiger partial charge >= 0.3 is 6.18 Å². The molecule has 31 heavy (non-hydrogen) atoms. The summed E-state index contributed by atoms with van der Waals surface area (Å²) in [6.45, 7) is 0. The van der Waals surface area contributed by atoms with Crippen LogP contribution in [0.2, 0.25) is 5.02 Å². The normalized spacial score (nSPS) is 12.6. The Bertz CT molecular complexity index is 1210. The molecule has 1 heterocycles. The summed E-state index contributed by atoms with van der Waals surface area (Å²) in [5.74, 6) is -0.363. The molecule has 0 bridgehead atoms. The van der Waals surface area contributed by atoms with Crippen molar-refractivity contribution >= 4 is 34.7 Å². The molecule has 1 aromatic heterocycles. The summed E-state index contributed by atoms with van der Waals surface area (Å²) in [5, 5.41) is 7.47. The van der Waals surface area contributed by atoms with E-state index in [1.165, 1.54) is 24.3 Å². The van der Waals surface area contributed by atoms with E-state index in [4.69, 9.17) is 17.3 Å². The van der Waals surface area contributed by atoms with Crippen molar-refractivity contribution in [3.05, 3.63) is 92.9 Å². The average Bonchev–Trinajstić information content (AvgIpc) is 3.13. The fourth-order valence-electron chi connectivity index (χ4n) is 2.47. The van der Waals surface area contributed by atoms with Crippen molar-refractivity contribution in [2.24, 2.45) is 10.7 Å². The number of hydrogen-bond donors (Lipinski definition) is 4. The predicted molar refractivity (Wildman–Crippen MR) is 112 cm³/mol. The number of nitrogens with two attached hydrogens (primary N) is 1. The van der Waals surface area contributed by atoms with Crippen molar-refractivity contribution in [2.45, 2.75) is 6.18 Å². The summed E-state index contributed by atoms with van der Waals surface area (Å²) in [4.78, 5) is 27.6. The number of allylic oxidation sites excluding steroid dienone is 2. The van der Waals surface area contributed by atoms with Crippen molar-refractivity contribution < 1.29 is 18.0 Å². The highest BCUT2D eigenvalue weighted by Crippen LogP contribution is 2.27. The van der Waals surface area contributed by atoms with Gasteiger partial charge in [0.25, 0.3) is 11.5 Å². The molecule has 0 spiro atoms. The fourth-order valence-corrected chi connectivity index (χ4v) is 2.65. The highest BCUT2D eigenvalue weighted by atomic mass is 35.5. The van der Waals surface area contributed by atoms with Crippen LogP contribution in [0.25, 0.3) is 0 Å². The van der Waals surface area contributed by atoms with E-state index in [-0.39, 0.29) is 33.4 Å². The maximum atomic E-state index is 13.0. The monoisotopic (exact) mass is 449 g/mol. The SMILES string of the molecule is N/C(=C\C(=Nc1ccccc1Cl)c1ccc(C(=O)Nc2cc(=O)[nH][nH]2)cc1)C(F)(F)F. The lowest BCUT2D eigenvalue weighted by Gasteiger charge is -2.10. The average molecular weight is 450 g/mol. The third-order valence-corrected chi connectivity index (χ3v) is 4.32. The molecule has 1 amide bonds. The van der Waals surface area contributed by atoms with Gasteiger partial charge in [0.05, 0.1) is 16.4 Å². The van der Waals surface area contributed by atoms with Gasteiger partial charge in [-0.3, -0.25) is 19.8 Å². The molecule has 0 fully saturated rings. The standard InChI is InChI=1S/C20H15ClF3N5O2/c21-13-3-1-2-4-14(13)26-15(9-16(25)20(22,23)24)11-5-7-12(8-6-11)19(31)27-17-10-18(30)29-28-17/h1-10H,25H2,(H3,27,28,29,30,31)/b16-9-,26-15?. The first kappa shape index (κ1) is 21.9. The Kier molecular flexibility index (Phi) is 6.30. The Labute approximate surface area is 178 Å². The number of anilines is 1. The number of nitrogens with one attached hydrogen (secondary N) is 3. The number of halogens is 4. The molecule has 0 unspecified atom stereocenters. The summed E-state index contributed by atoms with van der Waals surface area (Å²) >= 11 is 6.07. The molecular formula is C20H15ClF3N5O2. The summed E-state index contributed by atoms with van der Waals surface area (Å²) < 4.78 is 38.9. The zero-order valence-corrected chi connectivity index (χ0v) is 16.4. The van der Waals surface area contributed by atoms with Crippen molar-refractivity contribution in [2.75, 3.05) is 5.32 Å². The molecule has 5 N–H and O–H groups in total. The molecule has 0 aliphatic heterocycles. The first-order valence-electron chi connectivity index (χ1n) is 8.70. The second-order valence-electron chi connectivity index (χ2n) is 6.25. The minimum Gasteiger partial charge on any atom is -0.395 e. The van der Waals surface area contributed by atoms with Gasteiger partial charge in [0.2, 0.25) is 0 Å². The van der Waals surface area contributed by atoms with E-state index < -0.39 is 23.3 Å². The highest BCUT2D eigenvalue weighted by molar-refractivity contribution is 6.33. The Morgan fingerprint density at radius 2 is 1.71 bits per heavy atom. The van der Waals surface area contributed by atoms with Gasteiger partial charge in [-0.25, -0.2) is 4.99 Å². The van der Waals surface area contributed by atoms with Crippen LogP contribution in [0.1, 0.15) is 15.9 Å². The van der Waals surface area contributed by atoms with Crippen LogP contribution >= 0.6 is 11.6 Å². The van der Waals surface area contributed by atoms with E-state index in [0.29, 0.717) is 6.08 Å². The summed E-state index contributed by atoms with van der Waals surface area (Å²) in [6.07, 6.45) is -4.04. The number of para-hydroxylation sites is 1. The number of carbonyl (C=O) groups excluding carboxylic acids is 1. The molecule has 0 saturated heterocycles. The molecule has 7 nitrogen and oxygen atoms in total. The Morgan fingerprint density at radius 1 is 1.06 bits per heavy atom. The topological polar surface area (TPSA) is 116 Å². The third kappa shape index (κ3) is 5.64. The molecule has 3 aromatic rings. The molecule has 0 atom stereocenters. The Morgan fingerprint density at radius 3 is 2.29 bits per heavy atom. The van der Waals surface area contributed by atoms with E-state index in [1.807, 2.05) is 0 Å². The van der Waals surface area contributed by atoms with Crippen LogP contribution in [-0.4, -0.2) is 28.0 Å². The zero-order valence-electron chi connectivity index (χ0n) is 15.6. The Balaban J connectivity index is 1.95. The lowest BCUT2D eigenvalue weighted by atomic mass is 10.1. The maximum Gasteiger partial charge on any atom is 0.430 e. The first-order chi connectivity index (χ1) is 14.6. The molecule has 2 aromatic carbocycles. The number of aromatic amines is 2. The summed E-state index contributed by atoms with van der Waals surface area (Å²) in [5.41, 5.74) is 4.06. The van der Waals surface area contributed by atoms with Gasteiger partial charge in [-0.1, -0.05) is 35.9 Å². The van der Waals surface area contributed by atoms with Gasteiger partial charge in [-0.05, 0) is 30.3 Å². The molecule has 0 saturated carbocycles. The van der Waals surface area contributed by atoms with E-state index in [9.17, 15) is 22.8 Å². The smallest absolute Gasteiger partial charge is 0.395 e. The van der Waals surface area contributed by atoms with Gasteiger partial charge in [0.15, 0.2) is 0 Å². The quantitative estimate of drug-likeness (QED) is 0.439. The van der Waals surface area contributed by atoms with Crippen LogP contribution in [0.3, 0.4) is 0 Å². The number of benzene rings is 2. The number of rotatable bonds is 5. The largest absolute Gasteiger partial charge is 0.430 e. The first-order valence-corrected chi connectivity index (χ1v) is 9.08. The predicted octanol–water partition coefficient (Wildman–Crippen LogP) is 4.13. The van der Waals surface area contributed by atoms with Crippen LogP contribution in [0, 0.1) is 0 Å². The van der Waals surface area contributed by atoms with Gasteiger partial charge in [0.1, 0.15) is 11.5 Å². The number of nitrogens with zero attached hydrogens (tertiary/aromatic N) is 1.